The highest BCUT2D eigenvalue weighted by Crippen LogP contribution is 2.35. The van der Waals surface area contributed by atoms with Crippen molar-refractivity contribution in [2.75, 3.05) is 26.4 Å². The molecule has 14 N–H and O–H groups in total. The van der Waals surface area contributed by atoms with Gasteiger partial charge in [0.2, 0.25) is 23.6 Å². The van der Waals surface area contributed by atoms with E-state index in [2.05, 4.69) is 44.5 Å². The second-order valence-electron chi connectivity index (χ2n) is 18.8. The van der Waals surface area contributed by atoms with E-state index in [-0.39, 0.29) is 0 Å². The Kier molecular flexibility index (Phi) is 26.7. The van der Waals surface area contributed by atoms with Crippen LogP contribution in [0.5, 0.6) is 0 Å². The smallest absolute Gasteiger partial charge is 0.394 e. The van der Waals surface area contributed by atoms with Crippen LogP contribution in [-0.2, 0) is 66.9 Å². The van der Waals surface area contributed by atoms with Crippen LogP contribution in [0, 0.1) is 0 Å². The fraction of sp³-hybridized carbons (Fsp3) is 0.826. The molecule has 4 aliphatic heterocycles. The molecule has 4 amide bonds. The average molecular weight is 1100 g/mol. The van der Waals surface area contributed by atoms with Gasteiger partial charge in [-0.15, -0.1) is 0 Å². The Balaban J connectivity index is 1.52. The van der Waals surface area contributed by atoms with Crippen molar-refractivity contribution < 1.29 is 115 Å². The molecule has 0 radical (unpaired) electrons. The average Bonchev–Trinajstić information content (AvgIpc) is 3.34. The van der Waals surface area contributed by atoms with Crippen LogP contribution in [0.25, 0.3) is 0 Å². The highest BCUT2D eigenvalue weighted by molar-refractivity contribution is 7.80. The third-order valence-electron chi connectivity index (χ3n) is 12.9. The third kappa shape index (κ3) is 19.2. The number of carbonyl (C=O) groups excluding carboxylic acids is 4. The first-order chi connectivity index (χ1) is 35.5. The van der Waals surface area contributed by atoms with E-state index in [1.54, 1.807) is 6.08 Å². The number of ether oxygens (including phenoxy) is 7. The Morgan fingerprint density at radius 1 is 0.507 bits per heavy atom. The highest BCUT2D eigenvalue weighted by atomic mass is 32.3. The molecule has 20 unspecified atom stereocenters. The molecule has 0 saturated carbocycles. The maximum atomic E-state index is 13.2. The Labute approximate surface area is 434 Å². The Morgan fingerprint density at radius 2 is 0.907 bits per heavy atom. The van der Waals surface area contributed by atoms with Crippen LogP contribution in [0.4, 0.5) is 0 Å². The number of aliphatic hydroxyl groups excluding tert-OH is 9. The predicted octanol–water partition coefficient (Wildman–Crippen LogP) is -4.33. The first-order valence-corrected chi connectivity index (χ1v) is 26.5. The van der Waals surface area contributed by atoms with Crippen molar-refractivity contribution in [2.24, 2.45) is 0 Å². The van der Waals surface area contributed by atoms with Gasteiger partial charge in [-0.2, -0.15) is 8.42 Å². The number of nitrogens with one attached hydrogen (secondary N) is 4. The van der Waals surface area contributed by atoms with Crippen molar-refractivity contribution in [1.82, 2.24) is 21.3 Å². The Hall–Kier alpha value is -3.41. The van der Waals surface area contributed by atoms with Crippen molar-refractivity contribution in [2.45, 2.75) is 214 Å². The fourth-order valence-electron chi connectivity index (χ4n) is 9.10. The van der Waals surface area contributed by atoms with Crippen LogP contribution in [0.2, 0.25) is 0 Å². The summed E-state index contributed by atoms with van der Waals surface area (Å²) in [5, 5.41) is 108. The van der Waals surface area contributed by atoms with E-state index in [4.69, 9.17) is 33.2 Å². The number of unbranched alkanes of at least 4 members (excludes halogenated alkanes) is 8. The van der Waals surface area contributed by atoms with Gasteiger partial charge < -0.3 is 100 Å². The second-order valence-corrected chi connectivity index (χ2v) is 19.9. The second kappa shape index (κ2) is 31.3. The number of allylic oxidation sites excluding steroid dienone is 3. The molecule has 4 aliphatic rings. The Bertz CT molecular complexity index is 1960. The van der Waals surface area contributed by atoms with Gasteiger partial charge in [-0.1, -0.05) is 50.8 Å². The first-order valence-electron chi connectivity index (χ1n) is 25.1. The zero-order valence-corrected chi connectivity index (χ0v) is 43.2. The largest absolute Gasteiger partial charge is 0.397 e. The molecule has 28 nitrogen and oxygen atoms in total. The summed E-state index contributed by atoms with van der Waals surface area (Å²) >= 11 is 0. The number of carbonyl (C=O) groups is 4. The van der Waals surface area contributed by atoms with Gasteiger partial charge in [0.15, 0.2) is 25.2 Å². The summed E-state index contributed by atoms with van der Waals surface area (Å²) in [6.45, 7) is 1.35. The quantitative estimate of drug-likeness (QED) is 0.0152. The van der Waals surface area contributed by atoms with Gasteiger partial charge >= 0.3 is 10.4 Å². The van der Waals surface area contributed by atoms with Crippen molar-refractivity contribution >= 4 is 34.0 Å². The zero-order chi connectivity index (χ0) is 55.6. The minimum Gasteiger partial charge on any atom is -0.394 e. The van der Waals surface area contributed by atoms with Crippen molar-refractivity contribution in [3.8, 4) is 0 Å². The number of hydrogen-bond acceptors (Lipinski definition) is 23. The molecule has 75 heavy (non-hydrogen) atoms. The molecule has 432 valence electrons. The number of aliphatic hydroxyl groups is 9. The first kappa shape index (κ1) is 64.1. The molecule has 4 fully saturated rings. The van der Waals surface area contributed by atoms with E-state index >= 15 is 0 Å². The molecule has 0 aromatic carbocycles. The fourth-order valence-corrected chi connectivity index (χ4v) is 9.41. The molecular weight excluding hydrogens is 1020 g/mol. The van der Waals surface area contributed by atoms with E-state index in [1.807, 2.05) is 0 Å². The molecule has 0 spiro atoms. The summed E-state index contributed by atoms with van der Waals surface area (Å²) in [5.41, 5.74) is 0. The van der Waals surface area contributed by atoms with Crippen molar-refractivity contribution in [3.63, 3.8) is 0 Å². The van der Waals surface area contributed by atoms with Gasteiger partial charge in [0.05, 0.1) is 26.4 Å². The highest BCUT2D eigenvalue weighted by Gasteiger charge is 2.56. The lowest BCUT2D eigenvalue weighted by Gasteiger charge is -2.51. The molecule has 4 saturated heterocycles. The maximum absolute atomic E-state index is 13.2. The van der Waals surface area contributed by atoms with Crippen LogP contribution in [0.1, 0.15) is 91.9 Å². The minimum atomic E-state index is -5.15. The predicted molar refractivity (Wildman–Crippen MR) is 255 cm³/mol. The van der Waals surface area contributed by atoms with E-state index in [0.717, 1.165) is 52.9 Å². The summed E-state index contributed by atoms with van der Waals surface area (Å²) in [5.74, 6) is -3.11. The van der Waals surface area contributed by atoms with Crippen LogP contribution in [0.15, 0.2) is 24.3 Å². The SMILES string of the molecule is CCCCCCC=CCCCCCC=CC(=O)NC1C(OC2C(CO)OC(OC3C(CO)OC(OC4C(COS(=O)(=O)O)OC(O)C(NC(C)=O)C4O)C(NC(C)=O)C3O)C(NC(C)=O)C2O)OC(CO)C(O)C1O. The summed E-state index contributed by atoms with van der Waals surface area (Å²) in [6, 6.07) is -6.65. The van der Waals surface area contributed by atoms with Crippen LogP contribution in [0.3, 0.4) is 0 Å². The van der Waals surface area contributed by atoms with Gasteiger partial charge in [0.1, 0.15) is 97.4 Å². The molecule has 4 heterocycles. The molecule has 0 aliphatic carbocycles. The normalized spacial score (nSPS) is 36.6. The van der Waals surface area contributed by atoms with Crippen LogP contribution < -0.4 is 21.3 Å². The van der Waals surface area contributed by atoms with Gasteiger partial charge in [0.25, 0.3) is 0 Å². The maximum Gasteiger partial charge on any atom is 0.397 e. The number of hydrogen-bond donors (Lipinski definition) is 14. The molecule has 0 aromatic heterocycles. The summed E-state index contributed by atoms with van der Waals surface area (Å²) < 4.78 is 77.8. The molecular formula is C46H78N4O24S. The summed E-state index contributed by atoms with van der Waals surface area (Å²) in [6.07, 6.45) is -11.8. The topological polar surface area (TPSA) is 427 Å². The van der Waals surface area contributed by atoms with Gasteiger partial charge in [-0.3, -0.25) is 23.7 Å². The monoisotopic (exact) mass is 1100 g/mol. The minimum absolute atomic E-state index is 0.557. The van der Waals surface area contributed by atoms with Crippen molar-refractivity contribution in [3.05, 3.63) is 24.3 Å². The van der Waals surface area contributed by atoms with Crippen LogP contribution >= 0.6 is 0 Å². The lowest BCUT2D eigenvalue weighted by Crippen LogP contribution is -2.71. The molecule has 4 rings (SSSR count). The molecule has 29 heteroatoms. The van der Waals surface area contributed by atoms with Crippen LogP contribution in [-0.4, -0.2) is 232 Å². The standard InChI is InChI=1S/C46H78N4O24S/c1-5-6-7-8-9-10-11-12-13-14-15-16-17-18-30(57)50-32-36(59)35(58)26(19-51)69-44(32)72-40-27(20-52)70-45(33(38(40)61)48-24(3)55)73-41-28(21-53)71-46(34(39(41)62)49-25(4)56)74-42-29(22-67-75(64,65)66)68-43(63)31(37(42)60)47-23(2)54/h10-11,17-18,26-29,31-46,51-53,58-63H,5-9,12-16,19-22H2,1-4H3,(H,47,54)(H,48,55)(H,49,56)(H,50,57)(H,64,65,66). The lowest BCUT2D eigenvalue weighted by molar-refractivity contribution is -0.361. The summed E-state index contributed by atoms with van der Waals surface area (Å²) in [7, 11) is -5.15. The zero-order valence-electron chi connectivity index (χ0n) is 42.4. The van der Waals surface area contributed by atoms with Gasteiger partial charge in [-0.05, 0) is 44.6 Å². The third-order valence-corrected chi connectivity index (χ3v) is 13.3. The summed E-state index contributed by atoms with van der Waals surface area (Å²) in [4.78, 5) is 50.4. The van der Waals surface area contributed by atoms with Crippen molar-refractivity contribution in [1.29, 1.82) is 0 Å². The molecule has 0 aromatic rings. The number of amides is 4. The Morgan fingerprint density at radius 3 is 1.35 bits per heavy atom. The van der Waals surface area contributed by atoms with Gasteiger partial charge in [-0.25, -0.2) is 4.18 Å². The van der Waals surface area contributed by atoms with E-state index in [9.17, 15) is 78.1 Å². The lowest BCUT2D eigenvalue weighted by atomic mass is 9.93. The van der Waals surface area contributed by atoms with Gasteiger partial charge in [0, 0.05) is 20.8 Å². The van der Waals surface area contributed by atoms with E-state index < -0.39 is 183 Å². The molecule has 0 bridgehead atoms. The number of rotatable bonds is 28. The van der Waals surface area contributed by atoms with E-state index in [0.29, 0.717) is 6.42 Å². The molecule has 20 atom stereocenters. The van der Waals surface area contributed by atoms with E-state index in [1.165, 1.54) is 31.8 Å².